The van der Waals surface area contributed by atoms with Crippen molar-refractivity contribution in [2.75, 3.05) is 26.2 Å². The van der Waals surface area contributed by atoms with Gasteiger partial charge in [-0.25, -0.2) is 0 Å². The number of carbonyl (C=O) groups is 1. The zero-order valence-corrected chi connectivity index (χ0v) is 15.0. The molecule has 4 nitrogen and oxygen atoms in total. The summed E-state index contributed by atoms with van der Waals surface area (Å²) in [5, 5.41) is 6.18. The standard InChI is InChI=1S/C18H26N2O2.ClH/c1-13(2)16-5-4-14(3)10-17(16)22-12-18(21)20-11-15-6-8-19-9-7-15;/h4-6,10,13,19H,7-9,11-12H2,1-3H3,(H,20,21);1H. The van der Waals surface area contributed by atoms with Crippen molar-refractivity contribution >= 4 is 18.3 Å². The van der Waals surface area contributed by atoms with E-state index in [4.69, 9.17) is 4.74 Å². The molecule has 0 aliphatic carbocycles. The molecule has 0 saturated heterocycles. The Morgan fingerprint density at radius 3 is 2.83 bits per heavy atom. The smallest absolute Gasteiger partial charge is 0.258 e. The zero-order valence-electron chi connectivity index (χ0n) is 14.1. The van der Waals surface area contributed by atoms with Crippen molar-refractivity contribution in [3.05, 3.63) is 41.0 Å². The van der Waals surface area contributed by atoms with Gasteiger partial charge in [-0.3, -0.25) is 4.79 Å². The number of carbonyl (C=O) groups excluding carboxylic acids is 1. The highest BCUT2D eigenvalue weighted by Crippen LogP contribution is 2.27. The van der Waals surface area contributed by atoms with E-state index in [1.165, 1.54) is 5.57 Å². The van der Waals surface area contributed by atoms with Gasteiger partial charge in [0.15, 0.2) is 6.61 Å². The molecule has 0 fully saturated rings. The van der Waals surface area contributed by atoms with E-state index in [1.54, 1.807) is 0 Å². The van der Waals surface area contributed by atoms with Gasteiger partial charge in [0, 0.05) is 13.1 Å². The molecule has 0 saturated carbocycles. The van der Waals surface area contributed by atoms with Crippen LogP contribution in [0.1, 0.15) is 37.3 Å². The molecule has 0 unspecified atom stereocenters. The second-order valence-corrected chi connectivity index (χ2v) is 6.08. The van der Waals surface area contributed by atoms with Crippen molar-refractivity contribution < 1.29 is 9.53 Å². The van der Waals surface area contributed by atoms with Gasteiger partial charge in [-0.15, -0.1) is 12.4 Å². The molecule has 2 N–H and O–H groups in total. The number of ether oxygens (including phenoxy) is 1. The molecule has 0 spiro atoms. The molecule has 1 aromatic rings. The minimum Gasteiger partial charge on any atom is -0.483 e. The van der Waals surface area contributed by atoms with Crippen LogP contribution in [0.25, 0.3) is 0 Å². The molecular weight excluding hydrogens is 312 g/mol. The SMILES string of the molecule is Cc1ccc(C(C)C)c(OCC(=O)NCC2=CCNCC2)c1.Cl. The van der Waals surface area contributed by atoms with Crippen molar-refractivity contribution in [3.63, 3.8) is 0 Å². The highest BCUT2D eigenvalue weighted by molar-refractivity contribution is 5.85. The molecule has 1 aliphatic rings. The maximum Gasteiger partial charge on any atom is 0.258 e. The summed E-state index contributed by atoms with van der Waals surface area (Å²) in [5.41, 5.74) is 3.56. The fraction of sp³-hybridized carbons (Fsp3) is 0.500. The number of aryl methyl sites for hydroxylation is 1. The van der Waals surface area contributed by atoms with Crippen LogP contribution in [0.4, 0.5) is 0 Å². The van der Waals surface area contributed by atoms with Crippen LogP contribution in [-0.4, -0.2) is 32.1 Å². The Kier molecular flexibility index (Phi) is 8.13. The molecule has 1 aromatic carbocycles. The molecular formula is C18H27ClN2O2. The van der Waals surface area contributed by atoms with Crippen LogP contribution < -0.4 is 15.4 Å². The predicted molar refractivity (Wildman–Crippen MR) is 96.6 cm³/mol. The number of nitrogens with one attached hydrogen (secondary N) is 2. The van der Waals surface area contributed by atoms with Crippen molar-refractivity contribution in [3.8, 4) is 5.75 Å². The summed E-state index contributed by atoms with van der Waals surface area (Å²) in [6.45, 7) is 8.84. The second-order valence-electron chi connectivity index (χ2n) is 6.08. The van der Waals surface area contributed by atoms with E-state index < -0.39 is 0 Å². The van der Waals surface area contributed by atoms with Gasteiger partial charge in [0.1, 0.15) is 5.75 Å². The topological polar surface area (TPSA) is 50.4 Å². The van der Waals surface area contributed by atoms with E-state index in [2.05, 4.69) is 42.7 Å². The highest BCUT2D eigenvalue weighted by Gasteiger charge is 2.11. The molecule has 0 bridgehead atoms. The number of rotatable bonds is 6. The van der Waals surface area contributed by atoms with Crippen LogP contribution in [0.15, 0.2) is 29.8 Å². The monoisotopic (exact) mass is 338 g/mol. The quantitative estimate of drug-likeness (QED) is 0.784. The average Bonchev–Trinajstić information content (AvgIpc) is 2.51. The predicted octanol–water partition coefficient (Wildman–Crippen LogP) is 2.95. The van der Waals surface area contributed by atoms with E-state index in [0.717, 1.165) is 36.4 Å². The molecule has 1 heterocycles. The summed E-state index contributed by atoms with van der Waals surface area (Å²) >= 11 is 0. The van der Waals surface area contributed by atoms with Crippen molar-refractivity contribution in [2.45, 2.75) is 33.1 Å². The lowest BCUT2D eigenvalue weighted by atomic mass is 10.0. The zero-order chi connectivity index (χ0) is 15.9. The number of benzene rings is 1. The Morgan fingerprint density at radius 2 is 2.17 bits per heavy atom. The van der Waals surface area contributed by atoms with E-state index in [9.17, 15) is 4.79 Å². The molecule has 5 heteroatoms. The lowest BCUT2D eigenvalue weighted by Crippen LogP contribution is -2.32. The summed E-state index contributed by atoms with van der Waals surface area (Å²) in [5.74, 6) is 1.11. The third-order valence-electron chi connectivity index (χ3n) is 3.82. The molecule has 1 amide bonds. The number of halogens is 1. The van der Waals surface area contributed by atoms with Gasteiger partial charge < -0.3 is 15.4 Å². The summed E-state index contributed by atoms with van der Waals surface area (Å²) < 4.78 is 5.74. The Morgan fingerprint density at radius 1 is 1.39 bits per heavy atom. The Labute approximate surface area is 145 Å². The molecule has 128 valence electrons. The summed E-state index contributed by atoms with van der Waals surface area (Å²) in [6, 6.07) is 6.15. The first-order chi connectivity index (χ1) is 10.6. The fourth-order valence-corrected chi connectivity index (χ4v) is 2.48. The molecule has 2 rings (SSSR count). The molecule has 0 radical (unpaired) electrons. The van der Waals surface area contributed by atoms with Gasteiger partial charge in [-0.1, -0.05) is 37.6 Å². The van der Waals surface area contributed by atoms with E-state index in [1.807, 2.05) is 13.0 Å². The van der Waals surface area contributed by atoms with E-state index >= 15 is 0 Å². The molecule has 1 aliphatic heterocycles. The van der Waals surface area contributed by atoms with Crippen LogP contribution in [0.2, 0.25) is 0 Å². The average molecular weight is 339 g/mol. The maximum absolute atomic E-state index is 11.9. The second kappa shape index (κ2) is 9.58. The summed E-state index contributed by atoms with van der Waals surface area (Å²) in [4.78, 5) is 11.9. The third kappa shape index (κ3) is 6.24. The van der Waals surface area contributed by atoms with Gasteiger partial charge in [0.2, 0.25) is 0 Å². The Bertz CT molecular complexity index is 556. The fourth-order valence-electron chi connectivity index (χ4n) is 2.48. The molecule has 23 heavy (non-hydrogen) atoms. The Hall–Kier alpha value is -1.52. The van der Waals surface area contributed by atoms with Crippen molar-refractivity contribution in [1.29, 1.82) is 0 Å². The van der Waals surface area contributed by atoms with Gasteiger partial charge in [0.25, 0.3) is 5.91 Å². The normalized spacial score (nSPS) is 14.0. The summed E-state index contributed by atoms with van der Waals surface area (Å²) in [7, 11) is 0. The van der Waals surface area contributed by atoms with E-state index in [0.29, 0.717) is 12.5 Å². The van der Waals surface area contributed by atoms with Gasteiger partial charge in [-0.05, 0) is 43.0 Å². The largest absolute Gasteiger partial charge is 0.483 e. The molecule has 0 aromatic heterocycles. The van der Waals surface area contributed by atoms with Crippen LogP contribution in [0.5, 0.6) is 5.75 Å². The van der Waals surface area contributed by atoms with Gasteiger partial charge in [-0.2, -0.15) is 0 Å². The van der Waals surface area contributed by atoms with Gasteiger partial charge >= 0.3 is 0 Å². The van der Waals surface area contributed by atoms with Crippen LogP contribution in [0.3, 0.4) is 0 Å². The van der Waals surface area contributed by atoms with Crippen LogP contribution in [-0.2, 0) is 4.79 Å². The van der Waals surface area contributed by atoms with Crippen LogP contribution in [0, 0.1) is 6.92 Å². The first-order valence-electron chi connectivity index (χ1n) is 7.95. The third-order valence-corrected chi connectivity index (χ3v) is 3.82. The summed E-state index contributed by atoms with van der Waals surface area (Å²) in [6.07, 6.45) is 3.14. The van der Waals surface area contributed by atoms with Crippen molar-refractivity contribution in [1.82, 2.24) is 10.6 Å². The van der Waals surface area contributed by atoms with E-state index in [-0.39, 0.29) is 24.9 Å². The first kappa shape index (κ1) is 19.5. The van der Waals surface area contributed by atoms with Crippen LogP contribution >= 0.6 is 12.4 Å². The number of hydrogen-bond donors (Lipinski definition) is 2. The molecule has 0 atom stereocenters. The lowest BCUT2D eigenvalue weighted by Gasteiger charge is -2.16. The van der Waals surface area contributed by atoms with Gasteiger partial charge in [0.05, 0.1) is 0 Å². The lowest BCUT2D eigenvalue weighted by molar-refractivity contribution is -0.122. The number of amides is 1. The highest BCUT2D eigenvalue weighted by atomic mass is 35.5. The minimum absolute atomic E-state index is 0. The number of hydrogen-bond acceptors (Lipinski definition) is 3. The first-order valence-corrected chi connectivity index (χ1v) is 7.95. The van der Waals surface area contributed by atoms with Crippen molar-refractivity contribution in [2.24, 2.45) is 0 Å². The minimum atomic E-state index is -0.0735. The Balaban J connectivity index is 0.00000264. The maximum atomic E-state index is 11.9.